The predicted molar refractivity (Wildman–Crippen MR) is 70.2 cm³/mol. The molecule has 0 radical (unpaired) electrons. The van der Waals surface area contributed by atoms with Gasteiger partial charge in [0.05, 0.1) is 11.0 Å². The van der Waals surface area contributed by atoms with Crippen LogP contribution in [0.4, 0.5) is 5.69 Å². The van der Waals surface area contributed by atoms with Crippen molar-refractivity contribution in [1.82, 2.24) is 0 Å². The van der Waals surface area contributed by atoms with Gasteiger partial charge in [-0.25, -0.2) is 0 Å². The number of nitro benzene ring substituents is 1. The van der Waals surface area contributed by atoms with Crippen LogP contribution >= 0.6 is 15.9 Å². The smallest absolute Gasteiger partial charge is 0.311 e. The zero-order valence-corrected chi connectivity index (χ0v) is 11.4. The first kappa shape index (κ1) is 13.3. The second kappa shape index (κ2) is 6.15. The van der Waals surface area contributed by atoms with Crippen LogP contribution in [0.1, 0.15) is 18.4 Å². The predicted octanol–water partition coefficient (Wildman–Crippen LogP) is 3.05. The van der Waals surface area contributed by atoms with Crippen LogP contribution < -0.4 is 4.74 Å². The highest BCUT2D eigenvalue weighted by molar-refractivity contribution is 9.08. The maximum atomic E-state index is 11.0. The molecule has 5 nitrogen and oxygen atoms in total. The summed E-state index contributed by atoms with van der Waals surface area (Å²) in [4.78, 5) is 10.5. The molecule has 98 valence electrons. The van der Waals surface area contributed by atoms with Crippen molar-refractivity contribution in [2.45, 2.75) is 24.3 Å². The fourth-order valence-electron chi connectivity index (χ4n) is 1.87. The Labute approximate surface area is 113 Å². The molecule has 0 spiro atoms. The zero-order chi connectivity index (χ0) is 13.0. The number of alkyl halides is 1. The van der Waals surface area contributed by atoms with Gasteiger partial charge in [-0.1, -0.05) is 22.0 Å². The van der Waals surface area contributed by atoms with Gasteiger partial charge in [0.25, 0.3) is 0 Å². The molecule has 1 unspecified atom stereocenters. The molecule has 1 fully saturated rings. The number of nitrogens with zero attached hydrogens (tertiary/aromatic N) is 1. The second-order valence-corrected chi connectivity index (χ2v) is 4.70. The van der Waals surface area contributed by atoms with E-state index >= 15 is 0 Å². The average Bonchev–Trinajstić information content (AvgIpc) is 2.89. The van der Waals surface area contributed by atoms with Crippen LogP contribution in [0.15, 0.2) is 18.2 Å². The lowest BCUT2D eigenvalue weighted by molar-refractivity contribution is -0.386. The van der Waals surface area contributed by atoms with E-state index in [9.17, 15) is 10.1 Å². The summed E-state index contributed by atoms with van der Waals surface area (Å²) < 4.78 is 10.9. The van der Waals surface area contributed by atoms with Crippen molar-refractivity contribution in [3.05, 3.63) is 33.9 Å². The Kier molecular flexibility index (Phi) is 4.54. The molecule has 1 atom stereocenters. The lowest BCUT2D eigenvalue weighted by Crippen LogP contribution is -2.16. The van der Waals surface area contributed by atoms with Crippen LogP contribution in [0.3, 0.4) is 0 Å². The van der Waals surface area contributed by atoms with E-state index in [1.807, 2.05) is 6.07 Å². The average molecular weight is 316 g/mol. The summed E-state index contributed by atoms with van der Waals surface area (Å²) in [6, 6.07) is 4.98. The standard InChI is InChI=1S/C12H14BrNO4/c13-7-9-3-4-12(11(6-9)14(15)16)18-8-10-2-1-5-17-10/h3-4,6,10H,1-2,5,7-8H2. The summed E-state index contributed by atoms with van der Waals surface area (Å²) in [5.41, 5.74) is 0.858. The van der Waals surface area contributed by atoms with Crippen LogP contribution in [-0.4, -0.2) is 24.2 Å². The minimum absolute atomic E-state index is 0.00458. The zero-order valence-electron chi connectivity index (χ0n) is 9.80. The number of ether oxygens (including phenoxy) is 2. The molecule has 0 aliphatic carbocycles. The Morgan fingerprint density at radius 1 is 1.56 bits per heavy atom. The molecule has 18 heavy (non-hydrogen) atoms. The van der Waals surface area contributed by atoms with Crippen LogP contribution in [0.2, 0.25) is 0 Å². The molecule has 0 aromatic heterocycles. The largest absolute Gasteiger partial charge is 0.484 e. The SMILES string of the molecule is O=[N+]([O-])c1cc(CBr)ccc1OCC1CCCO1. The van der Waals surface area contributed by atoms with E-state index < -0.39 is 4.92 Å². The number of hydrogen-bond acceptors (Lipinski definition) is 4. The summed E-state index contributed by atoms with van der Waals surface area (Å²) in [6.45, 7) is 1.12. The number of rotatable bonds is 5. The summed E-state index contributed by atoms with van der Waals surface area (Å²) in [6.07, 6.45) is 2.03. The highest BCUT2D eigenvalue weighted by Crippen LogP contribution is 2.29. The van der Waals surface area contributed by atoms with Crippen LogP contribution in [0.25, 0.3) is 0 Å². The van der Waals surface area contributed by atoms with Gasteiger partial charge in [-0.3, -0.25) is 10.1 Å². The van der Waals surface area contributed by atoms with Gasteiger partial charge in [0.15, 0.2) is 5.75 Å². The molecule has 0 N–H and O–H groups in total. The normalized spacial score (nSPS) is 18.8. The number of halogens is 1. The lowest BCUT2D eigenvalue weighted by Gasteiger charge is -2.11. The molecule has 1 aliphatic rings. The molecular weight excluding hydrogens is 302 g/mol. The van der Waals surface area contributed by atoms with Crippen molar-refractivity contribution in [3.8, 4) is 5.75 Å². The number of nitro groups is 1. The van der Waals surface area contributed by atoms with E-state index in [4.69, 9.17) is 9.47 Å². The molecule has 1 aliphatic heterocycles. The van der Waals surface area contributed by atoms with Crippen molar-refractivity contribution in [3.63, 3.8) is 0 Å². The Morgan fingerprint density at radius 3 is 3.00 bits per heavy atom. The monoisotopic (exact) mass is 315 g/mol. The maximum absolute atomic E-state index is 11.0. The van der Waals surface area contributed by atoms with Gasteiger partial charge in [0.2, 0.25) is 0 Å². The van der Waals surface area contributed by atoms with Crippen LogP contribution in [0, 0.1) is 10.1 Å². The third-order valence-electron chi connectivity index (χ3n) is 2.82. The van der Waals surface area contributed by atoms with Gasteiger partial charge < -0.3 is 9.47 Å². The minimum atomic E-state index is -0.420. The van der Waals surface area contributed by atoms with Gasteiger partial charge >= 0.3 is 5.69 Å². The Bertz CT molecular complexity index is 432. The van der Waals surface area contributed by atoms with Crippen LogP contribution in [0.5, 0.6) is 5.75 Å². The van der Waals surface area contributed by atoms with E-state index in [1.54, 1.807) is 6.07 Å². The fourth-order valence-corrected chi connectivity index (χ4v) is 2.22. The van der Waals surface area contributed by atoms with Crippen molar-refractivity contribution < 1.29 is 14.4 Å². The van der Waals surface area contributed by atoms with Gasteiger partial charge in [0, 0.05) is 18.0 Å². The Morgan fingerprint density at radius 2 is 2.39 bits per heavy atom. The highest BCUT2D eigenvalue weighted by Gasteiger charge is 2.20. The third-order valence-corrected chi connectivity index (χ3v) is 3.47. The van der Waals surface area contributed by atoms with Gasteiger partial charge in [0.1, 0.15) is 6.61 Å². The van der Waals surface area contributed by atoms with Crippen LogP contribution in [-0.2, 0) is 10.1 Å². The lowest BCUT2D eigenvalue weighted by atomic mass is 10.2. The molecular formula is C12H14BrNO4. The van der Waals surface area contributed by atoms with Crippen molar-refractivity contribution in [2.75, 3.05) is 13.2 Å². The topological polar surface area (TPSA) is 61.6 Å². The second-order valence-electron chi connectivity index (χ2n) is 4.14. The summed E-state index contributed by atoms with van der Waals surface area (Å²) >= 11 is 3.27. The molecule has 0 bridgehead atoms. The van der Waals surface area contributed by atoms with Crippen molar-refractivity contribution >= 4 is 21.6 Å². The van der Waals surface area contributed by atoms with E-state index in [2.05, 4.69) is 15.9 Å². The highest BCUT2D eigenvalue weighted by atomic mass is 79.9. The van der Waals surface area contributed by atoms with E-state index in [0.29, 0.717) is 17.7 Å². The number of benzene rings is 1. The molecule has 1 saturated heterocycles. The Balaban J connectivity index is 2.08. The molecule has 0 saturated carbocycles. The van der Waals surface area contributed by atoms with Gasteiger partial charge in [-0.15, -0.1) is 0 Å². The molecule has 1 aromatic rings. The number of hydrogen-bond donors (Lipinski definition) is 0. The van der Waals surface area contributed by atoms with Gasteiger partial charge in [-0.05, 0) is 24.5 Å². The molecule has 1 heterocycles. The third kappa shape index (κ3) is 3.20. The summed E-state index contributed by atoms with van der Waals surface area (Å²) in [5, 5.41) is 11.5. The summed E-state index contributed by atoms with van der Waals surface area (Å²) in [7, 11) is 0. The summed E-state index contributed by atoms with van der Waals surface area (Å²) in [5.74, 6) is 0.306. The minimum Gasteiger partial charge on any atom is -0.484 e. The first-order valence-electron chi connectivity index (χ1n) is 5.78. The first-order valence-corrected chi connectivity index (χ1v) is 6.90. The van der Waals surface area contributed by atoms with Gasteiger partial charge in [-0.2, -0.15) is 0 Å². The first-order chi connectivity index (χ1) is 8.70. The van der Waals surface area contributed by atoms with E-state index in [0.717, 1.165) is 25.0 Å². The molecule has 2 rings (SSSR count). The maximum Gasteiger partial charge on any atom is 0.311 e. The quantitative estimate of drug-likeness (QED) is 0.476. The van der Waals surface area contributed by atoms with E-state index in [1.165, 1.54) is 6.07 Å². The Hall–Kier alpha value is -1.14. The molecule has 0 amide bonds. The molecule has 1 aromatic carbocycles. The molecule has 6 heteroatoms. The fraction of sp³-hybridized carbons (Fsp3) is 0.500. The van der Waals surface area contributed by atoms with E-state index in [-0.39, 0.29) is 11.8 Å². The van der Waals surface area contributed by atoms with Crippen molar-refractivity contribution in [1.29, 1.82) is 0 Å². The van der Waals surface area contributed by atoms with Crippen molar-refractivity contribution in [2.24, 2.45) is 0 Å².